The molecule has 4 rings (SSSR count). The van der Waals surface area contributed by atoms with E-state index in [9.17, 15) is 0 Å². The van der Waals surface area contributed by atoms with E-state index in [0.717, 1.165) is 11.8 Å². The second-order valence-corrected chi connectivity index (χ2v) is 6.45. The molecule has 1 heteroatoms. The average molecular weight is 263 g/mol. The summed E-state index contributed by atoms with van der Waals surface area (Å²) in [5.74, 6) is 1.62. The topological polar surface area (TPSA) is 12.9 Å². The van der Waals surface area contributed by atoms with Crippen LogP contribution in [0, 0.1) is 5.92 Å². The van der Waals surface area contributed by atoms with Crippen molar-refractivity contribution in [2.45, 2.75) is 44.4 Å². The second kappa shape index (κ2) is 5.05. The number of aryl methyl sites for hydroxylation is 1. The van der Waals surface area contributed by atoms with Gasteiger partial charge in [0.05, 0.1) is 0 Å². The van der Waals surface area contributed by atoms with Gasteiger partial charge >= 0.3 is 0 Å². The molecule has 1 aromatic heterocycles. The molecule has 0 radical (unpaired) electrons. The molecule has 2 aliphatic rings. The first kappa shape index (κ1) is 12.1. The van der Waals surface area contributed by atoms with Crippen molar-refractivity contribution in [2.24, 2.45) is 5.92 Å². The zero-order chi connectivity index (χ0) is 13.4. The average Bonchev–Trinajstić information content (AvgIpc) is 2.49. The van der Waals surface area contributed by atoms with Crippen LogP contribution in [0.1, 0.15) is 47.4 Å². The quantitative estimate of drug-likeness (QED) is 0.787. The van der Waals surface area contributed by atoms with Gasteiger partial charge in [0.1, 0.15) is 0 Å². The standard InChI is InChI=1S/C19H21N/c1-5-16-6-2-8-18-12-15(11-17(7-1)19(16)18)10-14-4-3-9-20-13-14/h1,3-5,7,9,13,15,18H,2,6,8,10-12H2/t15-,18-/m1/s1. The van der Waals surface area contributed by atoms with Gasteiger partial charge in [0, 0.05) is 12.4 Å². The molecule has 0 spiro atoms. The van der Waals surface area contributed by atoms with Crippen molar-refractivity contribution in [1.82, 2.24) is 4.98 Å². The molecule has 1 heterocycles. The number of hydrogen-bond donors (Lipinski definition) is 0. The maximum atomic E-state index is 4.26. The third-order valence-corrected chi connectivity index (χ3v) is 5.07. The van der Waals surface area contributed by atoms with Gasteiger partial charge in [0.25, 0.3) is 0 Å². The predicted octanol–water partition coefficient (Wildman–Crippen LogP) is 4.31. The monoisotopic (exact) mass is 263 g/mol. The Balaban J connectivity index is 1.61. The van der Waals surface area contributed by atoms with Crippen LogP contribution in [0.15, 0.2) is 42.7 Å². The van der Waals surface area contributed by atoms with Crippen molar-refractivity contribution in [3.63, 3.8) is 0 Å². The maximum absolute atomic E-state index is 4.26. The Hall–Kier alpha value is -1.63. The first-order chi connectivity index (χ1) is 9.90. The first-order valence-electron chi connectivity index (χ1n) is 7.90. The fourth-order valence-electron chi connectivity index (χ4n) is 4.31. The van der Waals surface area contributed by atoms with E-state index in [2.05, 4.69) is 35.3 Å². The Morgan fingerprint density at radius 2 is 2.05 bits per heavy atom. The number of benzene rings is 1. The minimum atomic E-state index is 0.796. The zero-order valence-corrected chi connectivity index (χ0v) is 11.9. The molecular weight excluding hydrogens is 242 g/mol. The van der Waals surface area contributed by atoms with Gasteiger partial charge < -0.3 is 0 Å². The Morgan fingerprint density at radius 1 is 1.10 bits per heavy atom. The number of aromatic nitrogens is 1. The smallest absolute Gasteiger partial charge is 0.0299 e. The summed E-state index contributed by atoms with van der Waals surface area (Å²) in [5, 5.41) is 0. The van der Waals surface area contributed by atoms with Crippen LogP contribution in [0.4, 0.5) is 0 Å². The molecule has 2 aromatic rings. The Labute approximate surface area is 121 Å². The largest absolute Gasteiger partial charge is 0.264 e. The number of pyridine rings is 1. The molecule has 102 valence electrons. The molecule has 1 aromatic carbocycles. The van der Waals surface area contributed by atoms with Crippen LogP contribution in [0.2, 0.25) is 0 Å². The van der Waals surface area contributed by atoms with Gasteiger partial charge in [-0.1, -0.05) is 24.3 Å². The molecule has 0 saturated carbocycles. The molecule has 2 atom stereocenters. The Morgan fingerprint density at radius 3 is 2.95 bits per heavy atom. The zero-order valence-electron chi connectivity index (χ0n) is 11.9. The van der Waals surface area contributed by atoms with Crippen LogP contribution in [-0.4, -0.2) is 4.98 Å². The molecular formula is C19H21N. The van der Waals surface area contributed by atoms with Gasteiger partial charge in [-0.25, -0.2) is 0 Å². The van der Waals surface area contributed by atoms with E-state index in [1.165, 1.54) is 44.1 Å². The normalized spacial score (nSPS) is 24.2. The third kappa shape index (κ3) is 2.15. The van der Waals surface area contributed by atoms with Gasteiger partial charge in [-0.05, 0) is 78.7 Å². The lowest BCUT2D eigenvalue weighted by molar-refractivity contribution is 0.368. The number of nitrogens with zero attached hydrogens (tertiary/aromatic N) is 1. The van der Waals surface area contributed by atoms with E-state index < -0.39 is 0 Å². The van der Waals surface area contributed by atoms with Gasteiger partial charge in [-0.2, -0.15) is 0 Å². The summed E-state index contributed by atoms with van der Waals surface area (Å²) in [7, 11) is 0. The molecule has 0 unspecified atom stereocenters. The van der Waals surface area contributed by atoms with E-state index >= 15 is 0 Å². The van der Waals surface area contributed by atoms with Crippen LogP contribution in [-0.2, 0) is 19.3 Å². The molecule has 0 fully saturated rings. The summed E-state index contributed by atoms with van der Waals surface area (Å²) in [6, 6.07) is 11.3. The minimum absolute atomic E-state index is 0.796. The van der Waals surface area contributed by atoms with Crippen molar-refractivity contribution in [3.05, 3.63) is 65.0 Å². The summed E-state index contributed by atoms with van der Waals surface area (Å²) in [5.41, 5.74) is 6.39. The first-order valence-corrected chi connectivity index (χ1v) is 7.90. The summed E-state index contributed by atoms with van der Waals surface area (Å²) in [6.45, 7) is 0. The van der Waals surface area contributed by atoms with E-state index in [0.29, 0.717) is 0 Å². The van der Waals surface area contributed by atoms with Gasteiger partial charge in [0.15, 0.2) is 0 Å². The van der Waals surface area contributed by atoms with Crippen molar-refractivity contribution in [2.75, 3.05) is 0 Å². The lowest BCUT2D eigenvalue weighted by Crippen LogP contribution is -2.24. The highest BCUT2D eigenvalue weighted by atomic mass is 14.6. The summed E-state index contributed by atoms with van der Waals surface area (Å²) in [6.07, 6.45) is 11.8. The molecule has 0 amide bonds. The summed E-state index contributed by atoms with van der Waals surface area (Å²) >= 11 is 0. The highest BCUT2D eigenvalue weighted by molar-refractivity contribution is 5.42. The lowest BCUT2D eigenvalue weighted by Gasteiger charge is -2.36. The SMILES string of the molecule is c1cncc(C[C@@H]2Cc3cccc4c3[C@H](CCC4)C2)c1. The van der Waals surface area contributed by atoms with E-state index in [4.69, 9.17) is 0 Å². The van der Waals surface area contributed by atoms with Crippen LogP contribution in [0.3, 0.4) is 0 Å². The van der Waals surface area contributed by atoms with Gasteiger partial charge in [-0.15, -0.1) is 0 Å². The van der Waals surface area contributed by atoms with Gasteiger partial charge in [-0.3, -0.25) is 4.98 Å². The van der Waals surface area contributed by atoms with E-state index in [1.807, 2.05) is 12.4 Å². The highest BCUT2D eigenvalue weighted by Gasteiger charge is 2.30. The van der Waals surface area contributed by atoms with E-state index in [-0.39, 0.29) is 0 Å². The Kier molecular flexibility index (Phi) is 3.06. The third-order valence-electron chi connectivity index (χ3n) is 5.07. The van der Waals surface area contributed by atoms with Gasteiger partial charge in [0.2, 0.25) is 0 Å². The van der Waals surface area contributed by atoms with Crippen LogP contribution in [0.5, 0.6) is 0 Å². The highest BCUT2D eigenvalue weighted by Crippen LogP contribution is 2.43. The van der Waals surface area contributed by atoms with Crippen molar-refractivity contribution in [3.8, 4) is 0 Å². The molecule has 20 heavy (non-hydrogen) atoms. The molecule has 0 aliphatic heterocycles. The molecule has 1 nitrogen and oxygen atoms in total. The maximum Gasteiger partial charge on any atom is 0.0299 e. The molecule has 0 bridgehead atoms. The van der Waals surface area contributed by atoms with Crippen LogP contribution < -0.4 is 0 Å². The van der Waals surface area contributed by atoms with E-state index in [1.54, 1.807) is 16.7 Å². The van der Waals surface area contributed by atoms with Crippen molar-refractivity contribution < 1.29 is 0 Å². The number of hydrogen-bond acceptors (Lipinski definition) is 1. The number of rotatable bonds is 2. The minimum Gasteiger partial charge on any atom is -0.264 e. The molecule has 0 N–H and O–H groups in total. The van der Waals surface area contributed by atoms with Crippen LogP contribution in [0.25, 0.3) is 0 Å². The Bertz CT molecular complexity index is 602. The fraction of sp³-hybridized carbons (Fsp3) is 0.421. The molecule has 2 aliphatic carbocycles. The summed E-state index contributed by atoms with van der Waals surface area (Å²) in [4.78, 5) is 4.26. The molecule has 0 saturated heterocycles. The predicted molar refractivity (Wildman–Crippen MR) is 81.9 cm³/mol. The van der Waals surface area contributed by atoms with Crippen molar-refractivity contribution in [1.29, 1.82) is 0 Å². The fourth-order valence-corrected chi connectivity index (χ4v) is 4.31. The van der Waals surface area contributed by atoms with Crippen LogP contribution >= 0.6 is 0 Å². The van der Waals surface area contributed by atoms with Crippen molar-refractivity contribution >= 4 is 0 Å². The summed E-state index contributed by atoms with van der Waals surface area (Å²) < 4.78 is 0. The second-order valence-electron chi connectivity index (χ2n) is 6.45. The lowest BCUT2D eigenvalue weighted by atomic mass is 9.69.